The molecule has 94 valence electrons. The lowest BCUT2D eigenvalue weighted by molar-refractivity contribution is 0.0938. The van der Waals surface area contributed by atoms with Crippen molar-refractivity contribution in [3.8, 4) is 0 Å². The quantitative estimate of drug-likeness (QED) is 0.818. The van der Waals surface area contributed by atoms with Crippen molar-refractivity contribution in [2.45, 2.75) is 27.2 Å². The Morgan fingerprint density at radius 1 is 1.29 bits per heavy atom. The molecular weight excluding hydrogens is 212 g/mol. The maximum Gasteiger partial charge on any atom is 0.251 e. The molecule has 3 nitrogen and oxygen atoms in total. The van der Waals surface area contributed by atoms with Gasteiger partial charge in [0.1, 0.15) is 0 Å². The highest BCUT2D eigenvalue weighted by atomic mass is 16.1. The molecule has 0 aromatic heterocycles. The number of carbonyl (C=O) groups excluding carboxylic acids is 1. The van der Waals surface area contributed by atoms with Gasteiger partial charge in [-0.25, -0.2) is 0 Å². The zero-order chi connectivity index (χ0) is 12.9. The fraction of sp³-hybridized carbons (Fsp3) is 0.500. The maximum atomic E-state index is 11.9. The molecule has 0 saturated heterocycles. The van der Waals surface area contributed by atoms with E-state index in [0.717, 1.165) is 6.42 Å². The van der Waals surface area contributed by atoms with Crippen LogP contribution in [0, 0.1) is 5.41 Å². The van der Waals surface area contributed by atoms with E-state index >= 15 is 0 Å². The molecule has 0 fully saturated rings. The van der Waals surface area contributed by atoms with E-state index in [4.69, 9.17) is 5.73 Å². The number of amides is 1. The van der Waals surface area contributed by atoms with Crippen LogP contribution in [0.3, 0.4) is 0 Å². The van der Waals surface area contributed by atoms with Crippen LogP contribution in [0.4, 0.5) is 0 Å². The minimum absolute atomic E-state index is 0.0332. The van der Waals surface area contributed by atoms with Crippen molar-refractivity contribution in [2.24, 2.45) is 11.1 Å². The summed E-state index contributed by atoms with van der Waals surface area (Å²) < 4.78 is 0. The summed E-state index contributed by atoms with van der Waals surface area (Å²) in [6.45, 7) is 7.32. The average Bonchev–Trinajstić information content (AvgIpc) is 2.36. The van der Waals surface area contributed by atoms with E-state index in [1.54, 1.807) is 0 Å². The number of rotatable bonds is 5. The van der Waals surface area contributed by atoms with Crippen molar-refractivity contribution in [1.29, 1.82) is 0 Å². The van der Waals surface area contributed by atoms with Crippen LogP contribution in [0.15, 0.2) is 24.3 Å². The van der Waals surface area contributed by atoms with Gasteiger partial charge in [0, 0.05) is 12.1 Å². The first-order valence-corrected chi connectivity index (χ1v) is 6.06. The molecule has 0 heterocycles. The Morgan fingerprint density at radius 3 is 2.35 bits per heavy atom. The van der Waals surface area contributed by atoms with E-state index in [1.807, 2.05) is 38.1 Å². The van der Waals surface area contributed by atoms with Crippen molar-refractivity contribution in [3.05, 3.63) is 35.4 Å². The fourth-order valence-corrected chi connectivity index (χ4v) is 1.39. The normalized spacial score (nSPS) is 11.3. The molecule has 17 heavy (non-hydrogen) atoms. The number of hydrogen-bond donors (Lipinski definition) is 2. The number of aryl methyl sites for hydroxylation is 1. The van der Waals surface area contributed by atoms with E-state index < -0.39 is 0 Å². The summed E-state index contributed by atoms with van der Waals surface area (Å²) in [4.78, 5) is 11.9. The third-order valence-electron chi connectivity index (χ3n) is 2.90. The van der Waals surface area contributed by atoms with Crippen LogP contribution >= 0.6 is 0 Å². The highest BCUT2D eigenvalue weighted by Crippen LogP contribution is 2.11. The first-order valence-electron chi connectivity index (χ1n) is 6.06. The third kappa shape index (κ3) is 4.19. The van der Waals surface area contributed by atoms with Crippen molar-refractivity contribution >= 4 is 5.91 Å². The number of hydrogen-bond acceptors (Lipinski definition) is 2. The maximum absolute atomic E-state index is 11.9. The summed E-state index contributed by atoms with van der Waals surface area (Å²) in [6, 6.07) is 7.71. The van der Waals surface area contributed by atoms with Crippen LogP contribution in [-0.2, 0) is 6.42 Å². The Balaban J connectivity index is 2.58. The Hall–Kier alpha value is -1.35. The van der Waals surface area contributed by atoms with Gasteiger partial charge >= 0.3 is 0 Å². The molecule has 1 amide bonds. The minimum Gasteiger partial charge on any atom is -0.351 e. The molecule has 0 bridgehead atoms. The fourth-order valence-electron chi connectivity index (χ4n) is 1.39. The van der Waals surface area contributed by atoms with Gasteiger partial charge in [-0.1, -0.05) is 32.9 Å². The second-order valence-electron chi connectivity index (χ2n) is 5.10. The molecule has 0 aliphatic heterocycles. The van der Waals surface area contributed by atoms with Crippen LogP contribution in [0.1, 0.15) is 36.7 Å². The van der Waals surface area contributed by atoms with Crippen LogP contribution in [0.2, 0.25) is 0 Å². The lowest BCUT2D eigenvalue weighted by Crippen LogP contribution is -2.38. The van der Waals surface area contributed by atoms with Gasteiger partial charge in [-0.05, 0) is 36.1 Å². The van der Waals surface area contributed by atoms with Gasteiger partial charge in [-0.3, -0.25) is 4.79 Å². The standard InChI is InChI=1S/C14H22N2O/c1-4-11-5-7-12(8-6-11)13(17)16-10-14(2,3)9-15/h5-8H,4,9-10,15H2,1-3H3,(H,16,17). The third-order valence-corrected chi connectivity index (χ3v) is 2.90. The number of benzene rings is 1. The minimum atomic E-state index is -0.0565. The summed E-state index contributed by atoms with van der Waals surface area (Å²) in [7, 11) is 0. The first kappa shape index (κ1) is 13.7. The molecule has 0 aliphatic rings. The Morgan fingerprint density at radius 2 is 1.88 bits per heavy atom. The van der Waals surface area contributed by atoms with Crippen molar-refractivity contribution in [3.63, 3.8) is 0 Å². The van der Waals surface area contributed by atoms with Crippen molar-refractivity contribution < 1.29 is 4.79 Å². The average molecular weight is 234 g/mol. The first-order chi connectivity index (χ1) is 7.98. The van der Waals surface area contributed by atoms with Gasteiger partial charge < -0.3 is 11.1 Å². The second kappa shape index (κ2) is 5.82. The predicted molar refractivity (Wildman–Crippen MR) is 71.0 cm³/mol. The van der Waals surface area contributed by atoms with Crippen molar-refractivity contribution in [2.75, 3.05) is 13.1 Å². The summed E-state index contributed by atoms with van der Waals surface area (Å²) in [5.41, 5.74) is 7.50. The van der Waals surface area contributed by atoms with E-state index in [1.165, 1.54) is 5.56 Å². The van der Waals surface area contributed by atoms with Gasteiger partial charge in [-0.15, -0.1) is 0 Å². The smallest absolute Gasteiger partial charge is 0.251 e. The lowest BCUT2D eigenvalue weighted by Gasteiger charge is -2.22. The van der Waals surface area contributed by atoms with Gasteiger partial charge in [0.25, 0.3) is 5.91 Å². The number of nitrogens with two attached hydrogens (primary N) is 1. The molecule has 0 saturated carbocycles. The highest BCUT2D eigenvalue weighted by molar-refractivity contribution is 5.94. The molecule has 1 aromatic rings. The van der Waals surface area contributed by atoms with Crippen LogP contribution in [0.25, 0.3) is 0 Å². The van der Waals surface area contributed by atoms with Gasteiger partial charge in [0.05, 0.1) is 0 Å². The molecule has 0 aliphatic carbocycles. The summed E-state index contributed by atoms with van der Waals surface area (Å²) >= 11 is 0. The van der Waals surface area contributed by atoms with E-state index in [0.29, 0.717) is 18.7 Å². The topological polar surface area (TPSA) is 55.1 Å². The SMILES string of the molecule is CCc1ccc(C(=O)NCC(C)(C)CN)cc1. The molecule has 0 unspecified atom stereocenters. The number of carbonyl (C=O) groups is 1. The van der Waals surface area contributed by atoms with Crippen molar-refractivity contribution in [1.82, 2.24) is 5.32 Å². The highest BCUT2D eigenvalue weighted by Gasteiger charge is 2.16. The van der Waals surface area contributed by atoms with Gasteiger partial charge in [-0.2, -0.15) is 0 Å². The zero-order valence-electron chi connectivity index (χ0n) is 10.9. The van der Waals surface area contributed by atoms with E-state index in [-0.39, 0.29) is 11.3 Å². The predicted octanol–water partition coefficient (Wildman–Crippen LogP) is 1.96. The molecular formula is C14H22N2O. The van der Waals surface area contributed by atoms with Gasteiger partial charge in [0.2, 0.25) is 0 Å². The van der Waals surface area contributed by atoms with Crippen LogP contribution in [0.5, 0.6) is 0 Å². The molecule has 3 heteroatoms. The summed E-state index contributed by atoms with van der Waals surface area (Å²) in [5, 5.41) is 2.91. The molecule has 1 rings (SSSR count). The Kier molecular flexibility index (Phi) is 4.70. The Labute approximate surface area is 103 Å². The lowest BCUT2D eigenvalue weighted by atomic mass is 9.94. The van der Waals surface area contributed by atoms with Crippen LogP contribution in [-0.4, -0.2) is 19.0 Å². The molecule has 0 spiro atoms. The molecule has 0 atom stereocenters. The van der Waals surface area contributed by atoms with Gasteiger partial charge in [0.15, 0.2) is 0 Å². The van der Waals surface area contributed by atoms with E-state index in [2.05, 4.69) is 12.2 Å². The number of nitrogens with one attached hydrogen (secondary N) is 1. The summed E-state index contributed by atoms with van der Waals surface area (Å²) in [5.74, 6) is -0.0332. The van der Waals surface area contributed by atoms with Crippen LogP contribution < -0.4 is 11.1 Å². The molecule has 1 aromatic carbocycles. The monoisotopic (exact) mass is 234 g/mol. The summed E-state index contributed by atoms with van der Waals surface area (Å²) in [6.07, 6.45) is 0.988. The Bertz CT molecular complexity index is 368. The molecule has 3 N–H and O–H groups in total. The van der Waals surface area contributed by atoms with E-state index in [9.17, 15) is 4.79 Å². The zero-order valence-corrected chi connectivity index (χ0v) is 10.9. The largest absolute Gasteiger partial charge is 0.351 e. The molecule has 0 radical (unpaired) electrons. The second-order valence-corrected chi connectivity index (χ2v) is 5.10.